The predicted molar refractivity (Wildman–Crippen MR) is 90.0 cm³/mol. The molecule has 6 nitrogen and oxygen atoms in total. The number of thioether (sulfide) groups is 1. The summed E-state index contributed by atoms with van der Waals surface area (Å²) < 4.78 is 5.27. The Morgan fingerprint density at radius 1 is 1.46 bits per heavy atom. The molecule has 2 rings (SSSR count). The summed E-state index contributed by atoms with van der Waals surface area (Å²) in [7, 11) is 0. The first-order valence-electron chi connectivity index (χ1n) is 7.31. The first-order chi connectivity index (χ1) is 11.6. The Balaban J connectivity index is 2.12. The lowest BCUT2D eigenvalue weighted by molar-refractivity contribution is -0.297. The maximum absolute atomic E-state index is 11.3. The summed E-state index contributed by atoms with van der Waals surface area (Å²) >= 11 is 0.944. The Kier molecular flexibility index (Phi) is 6.46. The molecule has 0 aliphatic rings. The van der Waals surface area contributed by atoms with E-state index in [1.807, 2.05) is 6.92 Å². The minimum Gasteiger partial charge on any atom is -0.544 e. The van der Waals surface area contributed by atoms with Gasteiger partial charge in [-0.3, -0.25) is 5.10 Å². The zero-order valence-corrected chi connectivity index (χ0v) is 13.9. The number of hydrogen-bond donors (Lipinski definition) is 1. The van der Waals surface area contributed by atoms with Crippen molar-refractivity contribution < 1.29 is 14.6 Å². The zero-order chi connectivity index (χ0) is 17.4. The fraction of sp³-hybridized carbons (Fsp3) is 0.235. The third-order valence-electron chi connectivity index (χ3n) is 2.90. The van der Waals surface area contributed by atoms with E-state index >= 15 is 0 Å². The van der Waals surface area contributed by atoms with Crippen LogP contribution in [0.5, 0.6) is 5.75 Å². The van der Waals surface area contributed by atoms with Gasteiger partial charge in [-0.05, 0) is 42.0 Å². The number of ether oxygens (including phenoxy) is 1. The summed E-state index contributed by atoms with van der Waals surface area (Å²) in [4.78, 5) is 15.6. The molecule has 0 atom stereocenters. The van der Waals surface area contributed by atoms with Gasteiger partial charge in [0.1, 0.15) is 18.2 Å². The van der Waals surface area contributed by atoms with Crippen molar-refractivity contribution in [1.29, 1.82) is 0 Å². The molecule has 1 N–H and O–H groups in total. The van der Waals surface area contributed by atoms with Gasteiger partial charge in [0, 0.05) is 11.3 Å². The van der Waals surface area contributed by atoms with Crippen molar-refractivity contribution in [3.05, 3.63) is 40.6 Å². The number of carboxylic acids is 1. The third kappa shape index (κ3) is 5.18. The van der Waals surface area contributed by atoms with Crippen LogP contribution in [0.15, 0.2) is 34.3 Å². The SMILES string of the molecule is C#CCOc1ccc(/C=C(\Sc2n[nH]c(CCC)n2)C(=O)[O-])cc1. The Bertz CT molecular complexity index is 760. The smallest absolute Gasteiger partial charge is 0.213 e. The minimum atomic E-state index is -1.28. The number of aliphatic carboxylic acids is 1. The molecule has 0 aliphatic heterocycles. The normalized spacial score (nSPS) is 11.1. The van der Waals surface area contributed by atoms with Gasteiger partial charge in [-0.25, -0.2) is 4.98 Å². The zero-order valence-electron chi connectivity index (χ0n) is 13.1. The van der Waals surface area contributed by atoms with E-state index in [4.69, 9.17) is 11.2 Å². The highest BCUT2D eigenvalue weighted by atomic mass is 32.2. The molecule has 0 aliphatic carbocycles. The number of nitrogens with one attached hydrogen (secondary N) is 1. The average Bonchev–Trinajstić information content (AvgIpc) is 3.01. The van der Waals surface area contributed by atoms with Crippen LogP contribution in [0.3, 0.4) is 0 Å². The highest BCUT2D eigenvalue weighted by Crippen LogP contribution is 2.25. The lowest BCUT2D eigenvalue weighted by Gasteiger charge is -2.06. The number of carboxylic acid groups (broad SMARTS) is 1. The van der Waals surface area contributed by atoms with E-state index in [2.05, 4.69) is 21.1 Å². The third-order valence-corrected chi connectivity index (χ3v) is 3.77. The number of benzene rings is 1. The van der Waals surface area contributed by atoms with Crippen LogP contribution in [0, 0.1) is 12.3 Å². The standard InChI is InChI=1S/C17H17N3O3S/c1-3-5-15-18-17(20-19-15)24-14(16(21)22)11-12-6-8-13(9-7-12)23-10-4-2/h2,6-9,11H,3,5,10H2,1H3,(H,21,22)(H,18,19,20)/p-1/b14-11-. The number of nitrogens with zero attached hydrogens (tertiary/aromatic N) is 2. The van der Waals surface area contributed by atoms with E-state index in [0.29, 0.717) is 16.5 Å². The van der Waals surface area contributed by atoms with Crippen molar-refractivity contribution in [3.63, 3.8) is 0 Å². The van der Waals surface area contributed by atoms with Crippen LogP contribution in [-0.2, 0) is 11.2 Å². The Morgan fingerprint density at radius 3 is 2.83 bits per heavy atom. The summed E-state index contributed by atoms with van der Waals surface area (Å²) in [5, 5.41) is 18.5. The van der Waals surface area contributed by atoms with Crippen LogP contribution in [0.2, 0.25) is 0 Å². The predicted octanol–water partition coefficient (Wildman–Crippen LogP) is 1.65. The Morgan fingerprint density at radius 2 is 2.21 bits per heavy atom. The van der Waals surface area contributed by atoms with Gasteiger partial charge in [0.25, 0.3) is 0 Å². The van der Waals surface area contributed by atoms with Gasteiger partial charge in [-0.2, -0.15) is 0 Å². The number of terminal acetylenes is 1. The molecule has 0 radical (unpaired) electrons. The van der Waals surface area contributed by atoms with Gasteiger partial charge in [0.2, 0.25) is 5.16 Å². The minimum absolute atomic E-state index is 0.0225. The van der Waals surface area contributed by atoms with E-state index in [1.54, 1.807) is 24.3 Å². The fourth-order valence-electron chi connectivity index (χ4n) is 1.84. The molecule has 7 heteroatoms. The summed E-state index contributed by atoms with van der Waals surface area (Å²) in [6, 6.07) is 6.89. The molecule has 2 aromatic rings. The van der Waals surface area contributed by atoms with Crippen molar-refractivity contribution in [2.75, 3.05) is 6.61 Å². The lowest BCUT2D eigenvalue weighted by atomic mass is 10.2. The maximum Gasteiger partial charge on any atom is 0.213 e. The molecule has 124 valence electrons. The molecular weight excluding hydrogens is 326 g/mol. The van der Waals surface area contributed by atoms with Gasteiger partial charge in [-0.1, -0.05) is 25.0 Å². The Labute approximate surface area is 144 Å². The van der Waals surface area contributed by atoms with Crippen LogP contribution in [-0.4, -0.2) is 27.8 Å². The highest BCUT2D eigenvalue weighted by Gasteiger charge is 2.08. The van der Waals surface area contributed by atoms with Crippen molar-refractivity contribution >= 4 is 23.8 Å². The summed E-state index contributed by atoms with van der Waals surface area (Å²) in [6.45, 7) is 2.21. The molecule has 1 aromatic carbocycles. The number of H-pyrrole nitrogens is 1. The molecule has 0 bridgehead atoms. The van der Waals surface area contributed by atoms with Gasteiger partial charge >= 0.3 is 0 Å². The van der Waals surface area contributed by atoms with Crippen LogP contribution < -0.4 is 9.84 Å². The average molecular weight is 342 g/mol. The van der Waals surface area contributed by atoms with E-state index in [0.717, 1.165) is 30.4 Å². The number of carbonyl (C=O) groups excluding carboxylic acids is 1. The van der Waals surface area contributed by atoms with Gasteiger partial charge in [0.15, 0.2) is 0 Å². The van der Waals surface area contributed by atoms with Crippen molar-refractivity contribution in [2.45, 2.75) is 24.9 Å². The van der Waals surface area contributed by atoms with Gasteiger partial charge in [0.05, 0.1) is 5.97 Å². The molecule has 0 spiro atoms. The Hall–Kier alpha value is -2.72. The largest absolute Gasteiger partial charge is 0.544 e. The molecule has 1 heterocycles. The van der Waals surface area contributed by atoms with Crippen LogP contribution in [0.1, 0.15) is 24.7 Å². The van der Waals surface area contributed by atoms with E-state index < -0.39 is 5.97 Å². The molecule has 0 amide bonds. The van der Waals surface area contributed by atoms with Gasteiger partial charge < -0.3 is 14.6 Å². The summed E-state index contributed by atoms with van der Waals surface area (Å²) in [6.07, 6.45) is 8.31. The first-order valence-corrected chi connectivity index (χ1v) is 8.12. The summed E-state index contributed by atoms with van der Waals surface area (Å²) in [5.41, 5.74) is 0.694. The molecule has 0 saturated carbocycles. The number of hydrogen-bond acceptors (Lipinski definition) is 6. The van der Waals surface area contributed by atoms with Crippen molar-refractivity contribution in [1.82, 2.24) is 15.2 Å². The molecular formula is C17H16N3O3S-. The number of aryl methyl sites for hydroxylation is 1. The molecule has 0 saturated heterocycles. The van der Waals surface area contributed by atoms with E-state index in [1.165, 1.54) is 6.08 Å². The summed E-state index contributed by atoms with van der Waals surface area (Å²) in [5.74, 6) is 2.44. The monoisotopic (exact) mass is 342 g/mol. The number of carbonyl (C=O) groups is 1. The molecule has 1 aromatic heterocycles. The number of rotatable bonds is 8. The number of aromatic nitrogens is 3. The quantitative estimate of drug-likeness (QED) is 0.446. The molecule has 0 unspecified atom stereocenters. The molecule has 0 fully saturated rings. The lowest BCUT2D eigenvalue weighted by Crippen LogP contribution is -2.23. The van der Waals surface area contributed by atoms with Crippen LogP contribution in [0.25, 0.3) is 6.08 Å². The second kappa shape index (κ2) is 8.79. The van der Waals surface area contributed by atoms with E-state index in [-0.39, 0.29) is 11.5 Å². The highest BCUT2D eigenvalue weighted by molar-refractivity contribution is 8.04. The second-order valence-electron chi connectivity index (χ2n) is 4.77. The molecule has 24 heavy (non-hydrogen) atoms. The fourth-order valence-corrected chi connectivity index (χ4v) is 2.56. The second-order valence-corrected chi connectivity index (χ2v) is 5.78. The van der Waals surface area contributed by atoms with Crippen LogP contribution in [0.4, 0.5) is 0 Å². The van der Waals surface area contributed by atoms with Crippen LogP contribution >= 0.6 is 11.8 Å². The topological polar surface area (TPSA) is 90.9 Å². The number of aromatic amines is 1. The maximum atomic E-state index is 11.3. The van der Waals surface area contributed by atoms with E-state index in [9.17, 15) is 9.90 Å². The van der Waals surface area contributed by atoms with Crippen molar-refractivity contribution in [2.24, 2.45) is 0 Å². The van der Waals surface area contributed by atoms with Gasteiger partial charge in [-0.15, -0.1) is 11.5 Å². The first kappa shape index (κ1) is 17.6. The van der Waals surface area contributed by atoms with Crippen molar-refractivity contribution in [3.8, 4) is 18.1 Å².